The summed E-state index contributed by atoms with van der Waals surface area (Å²) in [6.07, 6.45) is 2.09. The molecule has 0 spiro atoms. The maximum atomic E-state index is 9.21. The highest BCUT2D eigenvalue weighted by Gasteiger charge is 2.35. The number of thiophene rings is 1. The second kappa shape index (κ2) is 5.10. The highest BCUT2D eigenvalue weighted by Crippen LogP contribution is 2.33. The molecule has 0 bridgehead atoms. The normalized spacial score (nSPS) is 33.3. The molecule has 0 radical (unpaired) electrons. The molecule has 1 saturated heterocycles. The molecule has 2 aliphatic rings. The van der Waals surface area contributed by atoms with Gasteiger partial charge in [-0.15, -0.1) is 11.3 Å². The van der Waals surface area contributed by atoms with Crippen molar-refractivity contribution in [2.45, 2.75) is 25.9 Å². The van der Waals surface area contributed by atoms with Gasteiger partial charge in [-0.05, 0) is 56.1 Å². The van der Waals surface area contributed by atoms with E-state index in [-0.39, 0.29) is 6.10 Å². The van der Waals surface area contributed by atoms with Crippen LogP contribution in [-0.2, 0) is 0 Å². The van der Waals surface area contributed by atoms with Gasteiger partial charge in [0.05, 0.1) is 6.10 Å². The van der Waals surface area contributed by atoms with E-state index >= 15 is 0 Å². The molecule has 2 fully saturated rings. The molecule has 15 heavy (non-hydrogen) atoms. The van der Waals surface area contributed by atoms with Crippen LogP contribution in [0.25, 0.3) is 0 Å². The molecule has 3 rings (SSSR count). The van der Waals surface area contributed by atoms with Crippen LogP contribution in [0.15, 0.2) is 17.5 Å². The first-order valence-corrected chi connectivity index (χ1v) is 6.52. The van der Waals surface area contributed by atoms with Crippen LogP contribution in [0.2, 0.25) is 0 Å². The van der Waals surface area contributed by atoms with Crippen molar-refractivity contribution >= 4 is 11.3 Å². The number of aliphatic hydroxyl groups excluding tert-OH is 1. The summed E-state index contributed by atoms with van der Waals surface area (Å²) in [5.74, 6) is 1.58. The van der Waals surface area contributed by atoms with Crippen molar-refractivity contribution in [1.29, 1.82) is 0 Å². The van der Waals surface area contributed by atoms with Crippen LogP contribution < -0.4 is 5.32 Å². The number of rotatable bonds is 0. The van der Waals surface area contributed by atoms with E-state index in [2.05, 4.69) is 29.8 Å². The predicted molar refractivity (Wildman–Crippen MR) is 64.1 cm³/mol. The fourth-order valence-electron chi connectivity index (χ4n) is 2.49. The number of aryl methyl sites for hydroxylation is 1. The summed E-state index contributed by atoms with van der Waals surface area (Å²) in [6.45, 7) is 4.38. The predicted octanol–water partition coefficient (Wildman–Crippen LogP) is 2.03. The van der Waals surface area contributed by atoms with Crippen molar-refractivity contribution in [3.05, 3.63) is 22.4 Å². The fourth-order valence-corrected chi connectivity index (χ4v) is 3.02. The molecular formula is C12H19NOS. The average Bonchev–Trinajstić information content (AvgIpc) is 2.82. The van der Waals surface area contributed by atoms with Gasteiger partial charge in [-0.1, -0.05) is 6.07 Å². The standard InChI is InChI=1S/C7H13NO.C5H6S/c9-7-1-5-3-8-4-6(5)2-7;1-5-3-2-4-6-5/h5-9H,1-4H2;2-4H,1H3/t5-,6+,7?;. The largest absolute Gasteiger partial charge is 0.393 e. The Bertz CT molecular complexity index is 274. The minimum atomic E-state index is 0.0158. The summed E-state index contributed by atoms with van der Waals surface area (Å²) in [5, 5.41) is 14.6. The van der Waals surface area contributed by atoms with Gasteiger partial charge in [0.15, 0.2) is 0 Å². The van der Waals surface area contributed by atoms with Gasteiger partial charge < -0.3 is 10.4 Å². The first kappa shape index (κ1) is 11.1. The Morgan fingerprint density at radius 2 is 2.00 bits per heavy atom. The molecule has 0 aromatic carbocycles. The smallest absolute Gasteiger partial charge is 0.0546 e. The van der Waals surface area contributed by atoms with Gasteiger partial charge in [0.1, 0.15) is 0 Å². The van der Waals surface area contributed by atoms with Crippen LogP contribution in [0.1, 0.15) is 17.7 Å². The van der Waals surface area contributed by atoms with Crippen LogP contribution in [0.4, 0.5) is 0 Å². The molecular weight excluding hydrogens is 206 g/mol. The van der Waals surface area contributed by atoms with Crippen LogP contribution >= 0.6 is 11.3 Å². The van der Waals surface area contributed by atoms with Crippen LogP contribution in [-0.4, -0.2) is 24.3 Å². The van der Waals surface area contributed by atoms with Crippen molar-refractivity contribution in [3.63, 3.8) is 0 Å². The second-order valence-electron chi connectivity index (χ2n) is 4.53. The van der Waals surface area contributed by atoms with E-state index in [1.165, 1.54) is 4.88 Å². The lowest BCUT2D eigenvalue weighted by atomic mass is 10.0. The van der Waals surface area contributed by atoms with Gasteiger partial charge in [-0.25, -0.2) is 0 Å². The van der Waals surface area contributed by atoms with E-state index < -0.39 is 0 Å². The third kappa shape index (κ3) is 3.03. The number of hydrogen-bond acceptors (Lipinski definition) is 3. The summed E-state index contributed by atoms with van der Waals surface area (Å²) in [7, 11) is 0. The first-order chi connectivity index (χ1) is 7.25. The zero-order valence-electron chi connectivity index (χ0n) is 9.15. The summed E-state index contributed by atoms with van der Waals surface area (Å²) < 4.78 is 0. The fraction of sp³-hybridized carbons (Fsp3) is 0.667. The molecule has 1 aromatic heterocycles. The lowest BCUT2D eigenvalue weighted by molar-refractivity contribution is 0.173. The second-order valence-corrected chi connectivity index (χ2v) is 5.68. The molecule has 1 aromatic rings. The Balaban J connectivity index is 0.000000124. The van der Waals surface area contributed by atoms with E-state index in [4.69, 9.17) is 0 Å². The van der Waals surface area contributed by atoms with Crippen molar-refractivity contribution < 1.29 is 5.11 Å². The Morgan fingerprint density at radius 1 is 1.33 bits per heavy atom. The first-order valence-electron chi connectivity index (χ1n) is 5.64. The molecule has 84 valence electrons. The summed E-state index contributed by atoms with van der Waals surface area (Å²) in [6, 6.07) is 4.16. The van der Waals surface area contributed by atoms with Gasteiger partial charge >= 0.3 is 0 Å². The van der Waals surface area contributed by atoms with Gasteiger partial charge in [-0.2, -0.15) is 0 Å². The van der Waals surface area contributed by atoms with E-state index in [0.29, 0.717) is 0 Å². The molecule has 1 aliphatic carbocycles. The molecule has 3 heteroatoms. The molecule has 3 atom stereocenters. The topological polar surface area (TPSA) is 32.3 Å². The number of hydrogen-bond donors (Lipinski definition) is 2. The molecule has 1 aliphatic heterocycles. The quantitative estimate of drug-likeness (QED) is 0.708. The third-order valence-electron chi connectivity index (χ3n) is 3.29. The molecule has 1 saturated carbocycles. The highest BCUT2D eigenvalue weighted by atomic mass is 32.1. The zero-order chi connectivity index (χ0) is 10.7. The van der Waals surface area contributed by atoms with E-state index in [1.54, 1.807) is 11.3 Å². The van der Waals surface area contributed by atoms with Gasteiger partial charge in [0, 0.05) is 4.88 Å². The van der Waals surface area contributed by atoms with Crippen LogP contribution in [0.5, 0.6) is 0 Å². The SMILES string of the molecule is Cc1cccs1.OC1C[C@H]2CNC[C@H]2C1. The Hall–Kier alpha value is -0.380. The van der Waals surface area contributed by atoms with Gasteiger partial charge in [0.2, 0.25) is 0 Å². The number of nitrogens with one attached hydrogen (secondary N) is 1. The minimum Gasteiger partial charge on any atom is -0.393 e. The monoisotopic (exact) mass is 225 g/mol. The summed E-state index contributed by atoms with van der Waals surface area (Å²) in [5.41, 5.74) is 0. The van der Waals surface area contributed by atoms with Crippen molar-refractivity contribution in [2.24, 2.45) is 11.8 Å². The highest BCUT2D eigenvalue weighted by molar-refractivity contribution is 7.09. The average molecular weight is 225 g/mol. The molecule has 2 N–H and O–H groups in total. The van der Waals surface area contributed by atoms with Crippen molar-refractivity contribution in [2.75, 3.05) is 13.1 Å². The summed E-state index contributed by atoms with van der Waals surface area (Å²) >= 11 is 1.78. The van der Waals surface area contributed by atoms with Gasteiger partial charge in [0.25, 0.3) is 0 Å². The number of aliphatic hydroxyl groups is 1. The van der Waals surface area contributed by atoms with Crippen LogP contribution in [0, 0.1) is 18.8 Å². The lowest BCUT2D eigenvalue weighted by Crippen LogP contribution is -2.13. The Morgan fingerprint density at radius 3 is 2.40 bits per heavy atom. The molecule has 1 unspecified atom stereocenters. The molecule has 0 amide bonds. The van der Waals surface area contributed by atoms with E-state index in [1.807, 2.05) is 0 Å². The van der Waals surface area contributed by atoms with Crippen molar-refractivity contribution in [1.82, 2.24) is 5.32 Å². The Labute approximate surface area is 95.3 Å². The van der Waals surface area contributed by atoms with Gasteiger partial charge in [-0.3, -0.25) is 0 Å². The van der Waals surface area contributed by atoms with E-state index in [9.17, 15) is 5.11 Å². The third-order valence-corrected chi connectivity index (χ3v) is 4.09. The maximum Gasteiger partial charge on any atom is 0.0546 e. The Kier molecular flexibility index (Phi) is 3.78. The van der Waals surface area contributed by atoms with Crippen LogP contribution in [0.3, 0.4) is 0 Å². The molecule has 2 nitrogen and oxygen atoms in total. The maximum absolute atomic E-state index is 9.21. The zero-order valence-corrected chi connectivity index (χ0v) is 9.96. The summed E-state index contributed by atoms with van der Waals surface area (Å²) in [4.78, 5) is 1.38. The lowest BCUT2D eigenvalue weighted by Gasteiger charge is -2.02. The number of fused-ring (bicyclic) bond motifs is 1. The minimum absolute atomic E-state index is 0.0158. The van der Waals surface area contributed by atoms with E-state index in [0.717, 1.165) is 37.8 Å². The molecule has 2 heterocycles. The van der Waals surface area contributed by atoms with Crippen molar-refractivity contribution in [3.8, 4) is 0 Å².